The van der Waals surface area contributed by atoms with Crippen molar-refractivity contribution >= 4 is 0 Å². The van der Waals surface area contributed by atoms with Crippen molar-refractivity contribution in [3.8, 4) is 5.75 Å². The molecule has 1 aromatic rings. The van der Waals surface area contributed by atoms with Crippen LogP contribution < -0.4 is 10.1 Å². The lowest BCUT2D eigenvalue weighted by molar-refractivity contribution is 0.332. The van der Waals surface area contributed by atoms with Crippen LogP contribution in [0, 0.1) is 5.92 Å². The first-order valence-corrected chi connectivity index (χ1v) is 8.90. The first-order valence-electron chi connectivity index (χ1n) is 8.90. The summed E-state index contributed by atoms with van der Waals surface area (Å²) in [6.45, 7) is 2.09. The summed E-state index contributed by atoms with van der Waals surface area (Å²) >= 11 is 0. The fraction of sp³-hybridized carbons (Fsp3) is 0.684. The van der Waals surface area contributed by atoms with Gasteiger partial charge in [0.15, 0.2) is 0 Å². The third kappa shape index (κ3) is 2.96. The zero-order valence-corrected chi connectivity index (χ0v) is 12.9. The minimum atomic E-state index is 0.701. The molecule has 2 atom stereocenters. The largest absolute Gasteiger partial charge is 0.493 e. The second kappa shape index (κ2) is 6.00. The molecule has 0 spiro atoms. The predicted molar refractivity (Wildman–Crippen MR) is 86.0 cm³/mol. The van der Waals surface area contributed by atoms with Gasteiger partial charge in [-0.05, 0) is 55.2 Å². The molecule has 21 heavy (non-hydrogen) atoms. The van der Waals surface area contributed by atoms with Gasteiger partial charge in [-0.2, -0.15) is 0 Å². The van der Waals surface area contributed by atoms with Crippen LogP contribution in [0.3, 0.4) is 0 Å². The Morgan fingerprint density at radius 3 is 2.86 bits per heavy atom. The molecule has 1 heterocycles. The molecule has 2 fully saturated rings. The highest BCUT2D eigenvalue weighted by atomic mass is 16.5. The van der Waals surface area contributed by atoms with Crippen LogP contribution in [0.1, 0.15) is 62.0 Å². The summed E-state index contributed by atoms with van der Waals surface area (Å²) in [5.41, 5.74) is 2.94. The van der Waals surface area contributed by atoms with Gasteiger partial charge in [0.1, 0.15) is 5.75 Å². The number of hydrogen-bond acceptors (Lipinski definition) is 2. The molecule has 0 amide bonds. The molecule has 114 valence electrons. The summed E-state index contributed by atoms with van der Waals surface area (Å²) < 4.78 is 5.99. The third-order valence-electron chi connectivity index (χ3n) is 5.55. The second-order valence-electron chi connectivity index (χ2n) is 7.12. The highest BCUT2D eigenvalue weighted by Crippen LogP contribution is 2.43. The number of ether oxygens (including phenoxy) is 1. The molecule has 2 unspecified atom stereocenters. The average Bonchev–Trinajstić information content (AvgIpc) is 3.25. The maximum Gasteiger partial charge on any atom is 0.126 e. The van der Waals surface area contributed by atoms with Gasteiger partial charge in [-0.3, -0.25) is 0 Å². The average molecular weight is 285 g/mol. The molecule has 1 aliphatic heterocycles. The van der Waals surface area contributed by atoms with E-state index in [1.54, 1.807) is 0 Å². The number of fused-ring (bicyclic) bond motifs is 1. The van der Waals surface area contributed by atoms with Crippen LogP contribution >= 0.6 is 0 Å². The van der Waals surface area contributed by atoms with E-state index >= 15 is 0 Å². The Hall–Kier alpha value is -1.02. The number of nitrogens with one attached hydrogen (secondary N) is 1. The van der Waals surface area contributed by atoms with Gasteiger partial charge in [0.25, 0.3) is 0 Å². The summed E-state index contributed by atoms with van der Waals surface area (Å²) in [5, 5.41) is 3.78. The van der Waals surface area contributed by atoms with Gasteiger partial charge in [0.2, 0.25) is 0 Å². The lowest BCUT2D eigenvalue weighted by Crippen LogP contribution is -2.28. The van der Waals surface area contributed by atoms with E-state index in [0.717, 1.165) is 25.0 Å². The number of rotatable bonds is 4. The summed E-state index contributed by atoms with van der Waals surface area (Å²) in [6.07, 6.45) is 10.8. The van der Waals surface area contributed by atoms with Crippen molar-refractivity contribution in [3.63, 3.8) is 0 Å². The fourth-order valence-electron chi connectivity index (χ4n) is 4.18. The maximum absolute atomic E-state index is 5.99. The Balaban J connectivity index is 1.58. The Morgan fingerprint density at radius 1 is 1.05 bits per heavy atom. The highest BCUT2D eigenvalue weighted by molar-refractivity contribution is 5.46. The number of benzene rings is 1. The third-order valence-corrected chi connectivity index (χ3v) is 5.55. The minimum Gasteiger partial charge on any atom is -0.493 e. The van der Waals surface area contributed by atoms with E-state index < -0.39 is 0 Å². The van der Waals surface area contributed by atoms with Crippen LogP contribution in [-0.2, 0) is 6.42 Å². The van der Waals surface area contributed by atoms with Crippen molar-refractivity contribution in [3.05, 3.63) is 29.3 Å². The molecule has 4 rings (SSSR count). The Labute approximate surface area is 128 Å². The summed E-state index contributed by atoms with van der Waals surface area (Å²) in [6, 6.07) is 7.66. The highest BCUT2D eigenvalue weighted by Gasteiger charge is 2.31. The zero-order valence-electron chi connectivity index (χ0n) is 12.9. The van der Waals surface area contributed by atoms with Gasteiger partial charge in [0, 0.05) is 12.5 Å². The van der Waals surface area contributed by atoms with E-state index in [0.29, 0.717) is 5.92 Å². The van der Waals surface area contributed by atoms with E-state index in [1.165, 1.54) is 68.4 Å². The van der Waals surface area contributed by atoms with Crippen molar-refractivity contribution in [2.75, 3.05) is 13.2 Å². The molecule has 0 bridgehead atoms. The Bertz CT molecular complexity index is 494. The summed E-state index contributed by atoms with van der Waals surface area (Å²) in [5.74, 6) is 2.73. The quantitative estimate of drug-likeness (QED) is 0.843. The van der Waals surface area contributed by atoms with Crippen molar-refractivity contribution in [1.29, 1.82) is 0 Å². The molecule has 0 radical (unpaired) electrons. The molecule has 0 aromatic heterocycles. The number of hydrogen-bond donors (Lipinski definition) is 1. The summed E-state index contributed by atoms with van der Waals surface area (Å²) in [4.78, 5) is 0. The van der Waals surface area contributed by atoms with Crippen LogP contribution in [0.25, 0.3) is 0 Å². The van der Waals surface area contributed by atoms with Crippen molar-refractivity contribution in [1.82, 2.24) is 5.32 Å². The van der Waals surface area contributed by atoms with E-state index in [9.17, 15) is 0 Å². The van der Waals surface area contributed by atoms with Gasteiger partial charge in [-0.15, -0.1) is 0 Å². The van der Waals surface area contributed by atoms with Gasteiger partial charge >= 0.3 is 0 Å². The van der Waals surface area contributed by atoms with Crippen molar-refractivity contribution in [2.45, 2.75) is 63.3 Å². The van der Waals surface area contributed by atoms with Gasteiger partial charge in [-0.25, -0.2) is 0 Å². The predicted octanol–water partition coefficient (Wildman–Crippen LogP) is 4.04. The number of para-hydroxylation sites is 1. The van der Waals surface area contributed by atoms with Gasteiger partial charge in [0.05, 0.1) is 6.61 Å². The smallest absolute Gasteiger partial charge is 0.126 e. The molecule has 3 aliphatic rings. The molecule has 2 aliphatic carbocycles. The standard InChI is InChI=1S/C19H27NO/c1-2-5-15(13-20-16-9-10-16)17(7-3-1)18-8-4-6-14-11-12-21-19(14)18/h4,6,8,15-17,20H,1-3,5,7,9-13H2. The molecular formula is C19H27NO. The van der Waals surface area contributed by atoms with E-state index in [1.807, 2.05) is 0 Å². The lowest BCUT2D eigenvalue weighted by Gasteiger charge is -2.27. The van der Waals surface area contributed by atoms with Crippen LogP contribution in [0.5, 0.6) is 5.75 Å². The monoisotopic (exact) mass is 285 g/mol. The first kappa shape index (κ1) is 13.6. The molecule has 1 aromatic carbocycles. The zero-order chi connectivity index (χ0) is 14.1. The van der Waals surface area contributed by atoms with E-state index in [-0.39, 0.29) is 0 Å². The lowest BCUT2D eigenvalue weighted by atomic mass is 9.81. The Kier molecular flexibility index (Phi) is 3.89. The van der Waals surface area contributed by atoms with E-state index in [4.69, 9.17) is 4.74 Å². The van der Waals surface area contributed by atoms with Crippen molar-refractivity contribution < 1.29 is 4.74 Å². The molecule has 2 nitrogen and oxygen atoms in total. The van der Waals surface area contributed by atoms with Crippen LogP contribution in [0.4, 0.5) is 0 Å². The molecular weight excluding hydrogens is 258 g/mol. The van der Waals surface area contributed by atoms with Gasteiger partial charge in [-0.1, -0.05) is 37.5 Å². The second-order valence-corrected chi connectivity index (χ2v) is 7.12. The molecule has 1 N–H and O–H groups in total. The van der Waals surface area contributed by atoms with Crippen LogP contribution in [0.2, 0.25) is 0 Å². The molecule has 2 heteroatoms. The SMILES string of the molecule is c1cc2c(c(C3CCCCCC3CNC3CC3)c1)OCC2. The minimum absolute atomic E-state index is 0.701. The van der Waals surface area contributed by atoms with Crippen LogP contribution in [0.15, 0.2) is 18.2 Å². The van der Waals surface area contributed by atoms with Gasteiger partial charge < -0.3 is 10.1 Å². The maximum atomic E-state index is 5.99. The van der Waals surface area contributed by atoms with Crippen LogP contribution in [-0.4, -0.2) is 19.2 Å². The Morgan fingerprint density at radius 2 is 1.95 bits per heavy atom. The van der Waals surface area contributed by atoms with Crippen molar-refractivity contribution in [2.24, 2.45) is 5.92 Å². The fourth-order valence-corrected chi connectivity index (χ4v) is 4.18. The summed E-state index contributed by atoms with van der Waals surface area (Å²) in [7, 11) is 0. The molecule has 0 saturated heterocycles. The normalized spacial score (nSPS) is 28.8. The molecule has 2 saturated carbocycles. The van der Waals surface area contributed by atoms with E-state index in [2.05, 4.69) is 23.5 Å². The topological polar surface area (TPSA) is 21.3 Å². The first-order chi connectivity index (χ1) is 10.4.